The number of allylic oxidation sites excluding steroid dienone is 2. The van der Waals surface area contributed by atoms with Crippen molar-refractivity contribution in [3.63, 3.8) is 0 Å². The van der Waals surface area contributed by atoms with E-state index in [1.54, 1.807) is 12.1 Å². The van der Waals surface area contributed by atoms with E-state index in [4.69, 9.17) is 51.1 Å². The summed E-state index contributed by atoms with van der Waals surface area (Å²) in [4.78, 5) is 3.72. The lowest BCUT2D eigenvalue weighted by Crippen LogP contribution is -2.07. The molecule has 1 aromatic carbocycles. The molecule has 0 atom stereocenters. The number of nitriles is 2. The first kappa shape index (κ1) is 20.6. The zero-order chi connectivity index (χ0) is 20.4. The highest BCUT2D eigenvalue weighted by Crippen LogP contribution is 2.38. The van der Waals surface area contributed by atoms with Crippen LogP contribution in [0.15, 0.2) is 34.6 Å². The highest BCUT2D eigenvalue weighted by atomic mass is 35.5. The van der Waals surface area contributed by atoms with E-state index in [0.29, 0.717) is 12.1 Å². The number of nitrogens with zero attached hydrogens (tertiary/aromatic N) is 5. The quantitative estimate of drug-likeness (QED) is 0.569. The highest BCUT2D eigenvalue weighted by Gasteiger charge is 2.32. The van der Waals surface area contributed by atoms with Gasteiger partial charge in [-0.1, -0.05) is 34.8 Å². The minimum atomic E-state index is -4.63. The second kappa shape index (κ2) is 7.89. The molecular formula is C15H6Cl3F3N6. The Morgan fingerprint density at radius 1 is 1.15 bits per heavy atom. The molecule has 0 saturated carbocycles. The van der Waals surface area contributed by atoms with Crippen molar-refractivity contribution in [3.8, 4) is 17.8 Å². The van der Waals surface area contributed by atoms with Crippen molar-refractivity contribution in [2.75, 3.05) is 0 Å². The van der Waals surface area contributed by atoms with Gasteiger partial charge in [0.15, 0.2) is 5.70 Å². The third-order valence-electron chi connectivity index (χ3n) is 3.05. The van der Waals surface area contributed by atoms with Crippen molar-refractivity contribution in [2.45, 2.75) is 6.18 Å². The van der Waals surface area contributed by atoms with Crippen LogP contribution in [0.4, 0.5) is 13.2 Å². The number of halogens is 6. The third-order valence-corrected chi connectivity index (χ3v) is 3.89. The lowest BCUT2D eigenvalue weighted by molar-refractivity contribution is -0.137. The van der Waals surface area contributed by atoms with Crippen LogP contribution in [0, 0.1) is 22.7 Å². The molecule has 2 aromatic rings. The Kier molecular flexibility index (Phi) is 6.01. The van der Waals surface area contributed by atoms with E-state index in [2.05, 4.69) is 10.1 Å². The fraction of sp³-hybridized carbons (Fsp3) is 0.0667. The van der Waals surface area contributed by atoms with Crippen molar-refractivity contribution >= 4 is 41.0 Å². The molecule has 0 spiro atoms. The van der Waals surface area contributed by atoms with Crippen LogP contribution in [0.1, 0.15) is 11.3 Å². The molecule has 0 bridgehead atoms. The lowest BCUT2D eigenvalue weighted by Gasteiger charge is -2.12. The van der Waals surface area contributed by atoms with Crippen LogP contribution in [-0.4, -0.2) is 16.0 Å². The third kappa shape index (κ3) is 4.52. The van der Waals surface area contributed by atoms with Crippen molar-refractivity contribution in [2.24, 2.45) is 10.7 Å². The van der Waals surface area contributed by atoms with Crippen molar-refractivity contribution in [1.29, 1.82) is 10.5 Å². The molecular weight excluding hydrogens is 428 g/mol. The van der Waals surface area contributed by atoms with Gasteiger partial charge in [0, 0.05) is 6.07 Å². The summed E-state index contributed by atoms with van der Waals surface area (Å²) in [6, 6.07) is 5.89. The van der Waals surface area contributed by atoms with E-state index in [1.165, 1.54) is 6.07 Å². The SMILES string of the molecule is N#C/C(N)=C(\C#N)N=Cc1cc(Cl)n(-c2c(Cl)cc(C(F)(F)F)cc2Cl)n1. The zero-order valence-corrected chi connectivity index (χ0v) is 15.2. The Balaban J connectivity index is 2.50. The summed E-state index contributed by atoms with van der Waals surface area (Å²) in [6.45, 7) is 0. The average molecular weight is 434 g/mol. The van der Waals surface area contributed by atoms with E-state index < -0.39 is 17.4 Å². The molecule has 0 saturated heterocycles. The first-order chi connectivity index (χ1) is 12.6. The van der Waals surface area contributed by atoms with Gasteiger partial charge in [-0.3, -0.25) is 0 Å². The van der Waals surface area contributed by atoms with Gasteiger partial charge in [0.25, 0.3) is 0 Å². The topological polar surface area (TPSA) is 104 Å². The number of aliphatic imine (C=N–C) groups is 1. The predicted molar refractivity (Wildman–Crippen MR) is 93.6 cm³/mol. The van der Waals surface area contributed by atoms with Gasteiger partial charge in [0.05, 0.1) is 21.8 Å². The van der Waals surface area contributed by atoms with Gasteiger partial charge in [0.1, 0.15) is 34.4 Å². The summed E-state index contributed by atoms with van der Waals surface area (Å²) in [7, 11) is 0. The molecule has 0 unspecified atom stereocenters. The summed E-state index contributed by atoms with van der Waals surface area (Å²) >= 11 is 17.9. The highest BCUT2D eigenvalue weighted by molar-refractivity contribution is 6.38. The Bertz CT molecular complexity index is 1020. The van der Waals surface area contributed by atoms with Crippen LogP contribution in [0.2, 0.25) is 15.2 Å². The molecule has 12 heteroatoms. The smallest absolute Gasteiger partial charge is 0.388 e. The number of nitrogens with two attached hydrogens (primary N) is 1. The summed E-state index contributed by atoms with van der Waals surface area (Å²) in [5.74, 6) is 0. The van der Waals surface area contributed by atoms with Gasteiger partial charge in [-0.25, -0.2) is 9.67 Å². The molecule has 27 heavy (non-hydrogen) atoms. The van der Waals surface area contributed by atoms with Gasteiger partial charge in [-0.2, -0.15) is 28.8 Å². The maximum atomic E-state index is 12.8. The second-order valence-corrected chi connectivity index (χ2v) is 6.04. The average Bonchev–Trinajstić information content (AvgIpc) is 2.94. The molecule has 0 aliphatic rings. The molecule has 0 radical (unpaired) electrons. The fourth-order valence-electron chi connectivity index (χ4n) is 1.87. The number of hydrogen-bond acceptors (Lipinski definition) is 5. The summed E-state index contributed by atoms with van der Waals surface area (Å²) in [5.41, 5.74) is 3.60. The zero-order valence-electron chi connectivity index (χ0n) is 12.9. The number of alkyl halides is 3. The number of hydrogen-bond donors (Lipinski definition) is 1. The van der Waals surface area contributed by atoms with E-state index >= 15 is 0 Å². The van der Waals surface area contributed by atoms with Gasteiger partial charge in [0.2, 0.25) is 0 Å². The Morgan fingerprint density at radius 3 is 2.22 bits per heavy atom. The normalized spacial score (nSPS) is 12.6. The van der Waals surface area contributed by atoms with E-state index in [-0.39, 0.29) is 32.3 Å². The second-order valence-electron chi connectivity index (χ2n) is 4.83. The van der Waals surface area contributed by atoms with Crippen LogP contribution in [0.3, 0.4) is 0 Å². The molecule has 0 aliphatic carbocycles. The van der Waals surface area contributed by atoms with E-state index in [0.717, 1.165) is 10.9 Å². The van der Waals surface area contributed by atoms with Crippen LogP contribution < -0.4 is 5.73 Å². The van der Waals surface area contributed by atoms with Gasteiger partial charge in [-0.05, 0) is 12.1 Å². The van der Waals surface area contributed by atoms with E-state index in [1.807, 2.05) is 0 Å². The van der Waals surface area contributed by atoms with Crippen LogP contribution in [0.25, 0.3) is 5.69 Å². The van der Waals surface area contributed by atoms with Crippen molar-refractivity contribution in [1.82, 2.24) is 9.78 Å². The molecule has 1 aromatic heterocycles. The monoisotopic (exact) mass is 432 g/mol. The molecule has 138 valence electrons. The summed E-state index contributed by atoms with van der Waals surface area (Å²) in [5, 5.41) is 20.9. The fourth-order valence-corrected chi connectivity index (χ4v) is 2.75. The number of aromatic nitrogens is 2. The molecule has 2 N–H and O–H groups in total. The maximum absolute atomic E-state index is 12.8. The number of rotatable bonds is 3. The minimum absolute atomic E-state index is 0.0317. The molecule has 2 rings (SSSR count). The van der Waals surface area contributed by atoms with Gasteiger partial charge >= 0.3 is 6.18 Å². The largest absolute Gasteiger partial charge is 0.416 e. The predicted octanol–water partition coefficient (Wildman–Crippen LogP) is 4.49. The Hall–Kier alpha value is -2.72. The first-order valence-electron chi connectivity index (χ1n) is 6.74. The molecule has 6 nitrogen and oxygen atoms in total. The Labute approximate surface area is 165 Å². The molecule has 1 heterocycles. The first-order valence-corrected chi connectivity index (χ1v) is 7.88. The van der Waals surface area contributed by atoms with Crippen LogP contribution >= 0.6 is 34.8 Å². The Morgan fingerprint density at radius 2 is 1.74 bits per heavy atom. The molecule has 0 aliphatic heterocycles. The van der Waals surface area contributed by atoms with Crippen molar-refractivity contribution < 1.29 is 13.2 Å². The van der Waals surface area contributed by atoms with E-state index in [9.17, 15) is 13.2 Å². The van der Waals surface area contributed by atoms with Gasteiger partial charge < -0.3 is 5.73 Å². The van der Waals surface area contributed by atoms with Crippen LogP contribution in [0.5, 0.6) is 0 Å². The standard InChI is InChI=1S/C15H6Cl3F3N6/c16-9-1-7(15(19,20)21)2-10(17)14(9)27-13(18)3-8(26-27)6-25-12(5-23)11(24)4-22/h1-3,6H,24H2/b12-11-,25-6?. The molecule has 0 fully saturated rings. The maximum Gasteiger partial charge on any atom is 0.416 e. The van der Waals surface area contributed by atoms with Crippen LogP contribution in [-0.2, 0) is 6.18 Å². The van der Waals surface area contributed by atoms with Gasteiger partial charge in [-0.15, -0.1) is 0 Å². The minimum Gasteiger partial charge on any atom is -0.388 e. The summed E-state index contributed by atoms with van der Waals surface area (Å²) in [6.07, 6.45) is -3.53. The lowest BCUT2D eigenvalue weighted by atomic mass is 10.2. The molecule has 0 amide bonds. The van der Waals surface area contributed by atoms with Crippen molar-refractivity contribution in [3.05, 3.63) is 56.0 Å². The summed E-state index contributed by atoms with van der Waals surface area (Å²) < 4.78 is 39.5. The number of benzene rings is 1.